The van der Waals surface area contributed by atoms with Crippen molar-refractivity contribution in [1.82, 2.24) is 4.98 Å². The normalized spacial score (nSPS) is 13.2. The number of halogens is 3. The van der Waals surface area contributed by atoms with Crippen LogP contribution in [0.25, 0.3) is 0 Å². The third-order valence-corrected chi connectivity index (χ3v) is 1.94. The molecule has 0 aliphatic rings. The number of aromatic nitrogens is 1. The van der Waals surface area contributed by atoms with Crippen LogP contribution in [0, 0.1) is 6.92 Å². The summed E-state index contributed by atoms with van der Waals surface area (Å²) in [5.74, 6) is -2.08. The SMILES string of the molecule is Cc1ccc(C(F)(F)F)c(OC(C)C(=O)O)n1. The molecule has 7 heteroatoms. The Morgan fingerprint density at radius 3 is 2.53 bits per heavy atom. The van der Waals surface area contributed by atoms with Crippen LogP contribution in [0.15, 0.2) is 12.1 Å². The fourth-order valence-electron chi connectivity index (χ4n) is 1.06. The van der Waals surface area contributed by atoms with Crippen molar-refractivity contribution in [3.63, 3.8) is 0 Å². The number of aryl methyl sites for hydroxylation is 1. The Hall–Kier alpha value is -1.79. The lowest BCUT2D eigenvalue weighted by molar-refractivity contribution is -0.147. The highest BCUT2D eigenvalue weighted by Gasteiger charge is 2.36. The van der Waals surface area contributed by atoms with Crippen LogP contribution >= 0.6 is 0 Å². The Bertz CT molecular complexity index is 431. The van der Waals surface area contributed by atoms with Gasteiger partial charge in [-0.15, -0.1) is 0 Å². The van der Waals surface area contributed by atoms with E-state index in [2.05, 4.69) is 9.72 Å². The number of pyridine rings is 1. The van der Waals surface area contributed by atoms with E-state index in [-0.39, 0.29) is 0 Å². The predicted octanol–water partition coefficient (Wildman–Crippen LogP) is 2.26. The van der Waals surface area contributed by atoms with E-state index in [1.807, 2.05) is 0 Å². The van der Waals surface area contributed by atoms with E-state index in [1.54, 1.807) is 0 Å². The molecule has 1 unspecified atom stereocenters. The molecule has 94 valence electrons. The Balaban J connectivity index is 3.12. The average Bonchev–Trinajstić information content (AvgIpc) is 2.15. The maximum atomic E-state index is 12.6. The Labute approximate surface area is 95.0 Å². The van der Waals surface area contributed by atoms with Gasteiger partial charge in [-0.3, -0.25) is 0 Å². The highest BCUT2D eigenvalue weighted by atomic mass is 19.4. The van der Waals surface area contributed by atoms with Crippen LogP contribution in [0.2, 0.25) is 0 Å². The summed E-state index contributed by atoms with van der Waals surface area (Å²) in [4.78, 5) is 14.1. The number of carboxylic acids is 1. The number of nitrogens with zero attached hydrogens (tertiary/aromatic N) is 1. The van der Waals surface area contributed by atoms with Crippen molar-refractivity contribution in [3.8, 4) is 5.88 Å². The number of ether oxygens (including phenoxy) is 1. The number of aliphatic carboxylic acids is 1. The minimum atomic E-state index is -4.63. The molecule has 0 saturated heterocycles. The standard InChI is InChI=1S/C10H10F3NO3/c1-5-3-4-7(10(11,12)13)8(14-5)17-6(2)9(15)16/h3-4,6H,1-2H3,(H,15,16). The topological polar surface area (TPSA) is 59.4 Å². The van der Waals surface area contributed by atoms with Crippen LogP contribution in [0.4, 0.5) is 13.2 Å². The molecule has 0 aliphatic heterocycles. The molecule has 0 saturated carbocycles. The highest BCUT2D eigenvalue weighted by molar-refractivity contribution is 5.72. The van der Waals surface area contributed by atoms with Gasteiger partial charge in [0.1, 0.15) is 5.56 Å². The maximum absolute atomic E-state index is 12.6. The van der Waals surface area contributed by atoms with Crippen LogP contribution in [-0.2, 0) is 11.0 Å². The Morgan fingerprint density at radius 2 is 2.06 bits per heavy atom. The molecular formula is C10H10F3NO3. The van der Waals surface area contributed by atoms with E-state index in [0.717, 1.165) is 13.0 Å². The third-order valence-electron chi connectivity index (χ3n) is 1.94. The van der Waals surface area contributed by atoms with Crippen molar-refractivity contribution in [2.24, 2.45) is 0 Å². The molecule has 1 rings (SSSR count). The quantitative estimate of drug-likeness (QED) is 0.892. The van der Waals surface area contributed by atoms with E-state index < -0.39 is 29.7 Å². The lowest BCUT2D eigenvalue weighted by Gasteiger charge is -2.15. The first kappa shape index (κ1) is 13.3. The van der Waals surface area contributed by atoms with E-state index in [0.29, 0.717) is 5.69 Å². The first-order valence-electron chi connectivity index (χ1n) is 4.66. The fraction of sp³-hybridized carbons (Fsp3) is 0.400. The second kappa shape index (κ2) is 4.60. The minimum absolute atomic E-state index is 0.311. The van der Waals surface area contributed by atoms with Gasteiger partial charge in [-0.1, -0.05) is 0 Å². The predicted molar refractivity (Wildman–Crippen MR) is 51.7 cm³/mol. The van der Waals surface area contributed by atoms with E-state index in [1.165, 1.54) is 13.0 Å². The summed E-state index contributed by atoms with van der Waals surface area (Å²) >= 11 is 0. The van der Waals surface area contributed by atoms with Gasteiger partial charge in [-0.25, -0.2) is 9.78 Å². The molecule has 1 atom stereocenters. The number of rotatable bonds is 3. The smallest absolute Gasteiger partial charge is 0.421 e. The molecule has 0 aliphatic carbocycles. The molecule has 0 aromatic carbocycles. The molecule has 1 heterocycles. The van der Waals surface area contributed by atoms with Crippen molar-refractivity contribution in [2.75, 3.05) is 0 Å². The van der Waals surface area contributed by atoms with Gasteiger partial charge in [0.25, 0.3) is 0 Å². The van der Waals surface area contributed by atoms with Crippen molar-refractivity contribution in [1.29, 1.82) is 0 Å². The zero-order chi connectivity index (χ0) is 13.2. The minimum Gasteiger partial charge on any atom is -0.479 e. The van der Waals surface area contributed by atoms with Gasteiger partial charge in [0, 0.05) is 5.69 Å². The largest absolute Gasteiger partial charge is 0.479 e. The Kier molecular flexibility index (Phi) is 3.59. The molecule has 17 heavy (non-hydrogen) atoms. The molecule has 4 nitrogen and oxygen atoms in total. The molecular weight excluding hydrogens is 239 g/mol. The summed E-state index contributed by atoms with van der Waals surface area (Å²) in [5.41, 5.74) is -0.776. The summed E-state index contributed by atoms with van der Waals surface area (Å²) < 4.78 is 42.4. The van der Waals surface area contributed by atoms with Crippen LogP contribution in [0.5, 0.6) is 5.88 Å². The summed E-state index contributed by atoms with van der Waals surface area (Å²) in [6, 6.07) is 1.99. The van der Waals surface area contributed by atoms with Crippen LogP contribution in [0.3, 0.4) is 0 Å². The van der Waals surface area contributed by atoms with Crippen molar-refractivity contribution < 1.29 is 27.8 Å². The molecule has 1 aromatic rings. The first-order chi connectivity index (χ1) is 7.71. The Morgan fingerprint density at radius 1 is 1.47 bits per heavy atom. The number of alkyl halides is 3. The third kappa shape index (κ3) is 3.33. The summed E-state index contributed by atoms with van der Waals surface area (Å²) in [6.45, 7) is 2.62. The molecule has 0 bridgehead atoms. The van der Waals surface area contributed by atoms with Crippen LogP contribution < -0.4 is 4.74 Å². The average molecular weight is 249 g/mol. The van der Waals surface area contributed by atoms with Gasteiger partial charge in [-0.05, 0) is 26.0 Å². The first-order valence-corrected chi connectivity index (χ1v) is 4.66. The van der Waals surface area contributed by atoms with E-state index in [9.17, 15) is 18.0 Å². The van der Waals surface area contributed by atoms with Gasteiger partial charge in [0.05, 0.1) is 0 Å². The molecule has 1 N–H and O–H groups in total. The van der Waals surface area contributed by atoms with Crippen molar-refractivity contribution >= 4 is 5.97 Å². The highest BCUT2D eigenvalue weighted by Crippen LogP contribution is 2.35. The van der Waals surface area contributed by atoms with Gasteiger partial charge < -0.3 is 9.84 Å². The lowest BCUT2D eigenvalue weighted by Crippen LogP contribution is -2.25. The fourth-order valence-corrected chi connectivity index (χ4v) is 1.06. The summed E-state index contributed by atoms with van der Waals surface area (Å²) in [7, 11) is 0. The van der Waals surface area contributed by atoms with Crippen LogP contribution in [-0.4, -0.2) is 22.2 Å². The monoisotopic (exact) mass is 249 g/mol. The molecule has 0 spiro atoms. The van der Waals surface area contributed by atoms with Crippen molar-refractivity contribution in [2.45, 2.75) is 26.1 Å². The van der Waals surface area contributed by atoms with Crippen LogP contribution in [0.1, 0.15) is 18.2 Å². The van der Waals surface area contributed by atoms with Gasteiger partial charge in [0.2, 0.25) is 5.88 Å². The molecule has 0 amide bonds. The second-order valence-electron chi connectivity index (χ2n) is 3.40. The zero-order valence-electron chi connectivity index (χ0n) is 9.08. The van der Waals surface area contributed by atoms with E-state index in [4.69, 9.17) is 5.11 Å². The lowest BCUT2D eigenvalue weighted by atomic mass is 10.2. The summed E-state index contributed by atoms with van der Waals surface area (Å²) in [6.07, 6.45) is -6.03. The number of hydrogen-bond donors (Lipinski definition) is 1. The number of hydrogen-bond acceptors (Lipinski definition) is 3. The second-order valence-corrected chi connectivity index (χ2v) is 3.40. The van der Waals surface area contributed by atoms with Crippen molar-refractivity contribution in [3.05, 3.63) is 23.4 Å². The molecule has 1 aromatic heterocycles. The van der Waals surface area contributed by atoms with Gasteiger partial charge >= 0.3 is 12.1 Å². The number of carboxylic acid groups (broad SMARTS) is 1. The maximum Gasteiger partial charge on any atom is 0.421 e. The number of carbonyl (C=O) groups is 1. The molecule has 0 radical (unpaired) electrons. The van der Waals surface area contributed by atoms with E-state index >= 15 is 0 Å². The van der Waals surface area contributed by atoms with Gasteiger partial charge in [-0.2, -0.15) is 13.2 Å². The summed E-state index contributed by atoms with van der Waals surface area (Å²) in [5, 5.41) is 8.57. The van der Waals surface area contributed by atoms with Gasteiger partial charge in [0.15, 0.2) is 6.10 Å². The molecule has 0 fully saturated rings. The zero-order valence-corrected chi connectivity index (χ0v) is 9.08.